The fourth-order valence-electron chi connectivity index (χ4n) is 11.0. The molecule has 0 aromatic rings. The average molecular weight is 1160 g/mol. The van der Waals surface area contributed by atoms with Crippen LogP contribution in [0, 0.1) is 0 Å². The number of hydrogen-bond donors (Lipinski definition) is 12. The summed E-state index contributed by atoms with van der Waals surface area (Å²) in [4.78, 5) is 13.2. The Hall–Kier alpha value is -1.73. The molecule has 17 unspecified atom stereocenters. The van der Waals surface area contributed by atoms with Crippen LogP contribution in [0.25, 0.3) is 0 Å². The molecule has 3 rings (SSSR count). The van der Waals surface area contributed by atoms with E-state index in [2.05, 4.69) is 43.5 Å². The van der Waals surface area contributed by atoms with Crippen molar-refractivity contribution in [1.29, 1.82) is 0 Å². The summed E-state index contributed by atoms with van der Waals surface area (Å²) in [7, 11) is 0. The van der Waals surface area contributed by atoms with Crippen LogP contribution in [0.4, 0.5) is 0 Å². The van der Waals surface area contributed by atoms with E-state index < -0.39 is 124 Å². The van der Waals surface area contributed by atoms with E-state index in [9.17, 15) is 61.0 Å². The minimum Gasteiger partial charge on any atom is -0.394 e. The number of hydrogen-bond acceptors (Lipinski definition) is 18. The van der Waals surface area contributed by atoms with Crippen molar-refractivity contribution >= 4 is 5.91 Å². The molecule has 1 amide bonds. The molecule has 3 aliphatic rings. The number of aliphatic hydroxyl groups is 11. The fourth-order valence-corrected chi connectivity index (χ4v) is 11.0. The highest BCUT2D eigenvalue weighted by Crippen LogP contribution is 2.33. The highest BCUT2D eigenvalue weighted by molar-refractivity contribution is 5.76. The third-order valence-electron chi connectivity index (χ3n) is 16.3. The molecule has 12 N–H and O–H groups in total. The third-order valence-corrected chi connectivity index (χ3v) is 16.3. The second-order valence-electron chi connectivity index (χ2n) is 23.2. The highest BCUT2D eigenvalue weighted by atomic mass is 16.8. The standard InChI is InChI=1S/C62H115NO18/c1-3-5-7-9-10-11-12-13-14-15-16-17-18-19-20-21-22-23-24-25-26-27-28-29-30-31-32-33-34-36-38-40-50(68)63-45(46(67)39-37-35-8-6-4-2)44-76-60-56(74)53(71)58(48(42-65)78-60)81-62-57(75)54(72)59(49(43-66)79-62)80-61-55(73)52(70)51(69)47(41-64)77-61/h12-13,15-16,45-49,51-62,64-67,69-75H,3-11,14,17-44H2,1-2H3,(H,63,68)/b13-12-,16-15-. The Bertz CT molecular complexity index is 1580. The van der Waals surface area contributed by atoms with E-state index in [1.165, 1.54) is 141 Å². The molecular formula is C62H115NO18. The zero-order chi connectivity index (χ0) is 59.0. The molecule has 0 aliphatic carbocycles. The van der Waals surface area contributed by atoms with Gasteiger partial charge in [-0.15, -0.1) is 0 Å². The molecule has 0 radical (unpaired) electrons. The minimum absolute atomic E-state index is 0.248. The number of allylic oxidation sites excluding steroid dienone is 4. The molecule has 0 spiro atoms. The first-order chi connectivity index (χ1) is 39.3. The highest BCUT2D eigenvalue weighted by Gasteiger charge is 2.53. The number of carbonyl (C=O) groups excluding carboxylic acids is 1. The van der Waals surface area contributed by atoms with Crippen molar-refractivity contribution in [3.05, 3.63) is 24.3 Å². The Kier molecular flexibility index (Phi) is 41.4. The summed E-state index contributed by atoms with van der Waals surface area (Å²) in [6.07, 6.45) is 22.2. The molecule has 3 saturated heterocycles. The Balaban J connectivity index is 1.29. The van der Waals surface area contributed by atoms with E-state index in [-0.39, 0.29) is 18.9 Å². The normalized spacial score (nSPS) is 29.9. The predicted molar refractivity (Wildman–Crippen MR) is 310 cm³/mol. The van der Waals surface area contributed by atoms with Gasteiger partial charge in [0.25, 0.3) is 0 Å². The molecule has 3 heterocycles. The number of rotatable bonds is 48. The van der Waals surface area contributed by atoms with Crippen LogP contribution in [0.3, 0.4) is 0 Å². The Morgan fingerprint density at radius 3 is 1.26 bits per heavy atom. The summed E-state index contributed by atoms with van der Waals surface area (Å²) in [5.41, 5.74) is 0. The van der Waals surface area contributed by atoms with E-state index >= 15 is 0 Å². The van der Waals surface area contributed by atoms with Gasteiger partial charge in [0.05, 0.1) is 38.6 Å². The maximum absolute atomic E-state index is 13.2. The van der Waals surface area contributed by atoms with Gasteiger partial charge in [-0.25, -0.2) is 0 Å². The lowest BCUT2D eigenvalue weighted by Gasteiger charge is -2.48. The van der Waals surface area contributed by atoms with E-state index in [0.717, 1.165) is 57.8 Å². The van der Waals surface area contributed by atoms with Gasteiger partial charge in [0.1, 0.15) is 73.2 Å². The number of nitrogens with one attached hydrogen (secondary N) is 1. The Morgan fingerprint density at radius 1 is 0.444 bits per heavy atom. The Labute approximate surface area is 486 Å². The van der Waals surface area contributed by atoms with Crippen LogP contribution in [0.1, 0.15) is 232 Å². The monoisotopic (exact) mass is 1160 g/mol. The van der Waals surface area contributed by atoms with Crippen molar-refractivity contribution in [1.82, 2.24) is 5.32 Å². The van der Waals surface area contributed by atoms with E-state index in [1.54, 1.807) is 0 Å². The average Bonchev–Trinajstić information content (AvgIpc) is 3.48. The minimum atomic E-state index is -1.97. The molecule has 17 atom stereocenters. The second-order valence-corrected chi connectivity index (χ2v) is 23.2. The number of amides is 1. The third kappa shape index (κ3) is 29.0. The maximum Gasteiger partial charge on any atom is 0.220 e. The predicted octanol–water partition coefficient (Wildman–Crippen LogP) is 6.71. The van der Waals surface area contributed by atoms with E-state index in [4.69, 9.17) is 28.4 Å². The Morgan fingerprint density at radius 2 is 0.815 bits per heavy atom. The molecule has 0 aromatic carbocycles. The van der Waals surface area contributed by atoms with Crippen LogP contribution in [0.15, 0.2) is 24.3 Å². The second kappa shape index (κ2) is 45.6. The van der Waals surface area contributed by atoms with Crippen molar-refractivity contribution in [2.45, 2.75) is 336 Å². The van der Waals surface area contributed by atoms with Gasteiger partial charge < -0.3 is 89.9 Å². The van der Waals surface area contributed by atoms with Crippen LogP contribution >= 0.6 is 0 Å². The van der Waals surface area contributed by atoms with Gasteiger partial charge in [-0.05, 0) is 44.9 Å². The van der Waals surface area contributed by atoms with Crippen LogP contribution in [-0.4, -0.2) is 193 Å². The molecule has 3 fully saturated rings. The summed E-state index contributed by atoms with van der Waals surface area (Å²) in [5.74, 6) is -0.248. The van der Waals surface area contributed by atoms with Crippen LogP contribution < -0.4 is 5.32 Å². The summed E-state index contributed by atoms with van der Waals surface area (Å²) >= 11 is 0. The van der Waals surface area contributed by atoms with Crippen molar-refractivity contribution < 1.29 is 89.4 Å². The molecule has 81 heavy (non-hydrogen) atoms. The largest absolute Gasteiger partial charge is 0.394 e. The maximum atomic E-state index is 13.2. The van der Waals surface area contributed by atoms with Crippen molar-refractivity contribution in [3.8, 4) is 0 Å². The van der Waals surface area contributed by atoms with Gasteiger partial charge in [-0.2, -0.15) is 0 Å². The summed E-state index contributed by atoms with van der Waals surface area (Å²) in [6, 6.07) is -0.880. The zero-order valence-corrected chi connectivity index (χ0v) is 49.8. The summed E-state index contributed by atoms with van der Waals surface area (Å²) < 4.78 is 34.1. The molecule has 476 valence electrons. The van der Waals surface area contributed by atoms with Gasteiger partial charge in [-0.1, -0.05) is 205 Å². The van der Waals surface area contributed by atoms with Crippen LogP contribution in [-0.2, 0) is 33.2 Å². The molecule has 0 saturated carbocycles. The molecule has 19 nitrogen and oxygen atoms in total. The summed E-state index contributed by atoms with van der Waals surface area (Å²) in [5, 5.41) is 120. The number of carbonyl (C=O) groups is 1. The van der Waals surface area contributed by atoms with E-state index in [1.807, 2.05) is 0 Å². The number of ether oxygens (including phenoxy) is 6. The van der Waals surface area contributed by atoms with Gasteiger partial charge >= 0.3 is 0 Å². The van der Waals surface area contributed by atoms with Crippen molar-refractivity contribution in [2.24, 2.45) is 0 Å². The first kappa shape index (κ1) is 73.5. The smallest absolute Gasteiger partial charge is 0.220 e. The topological polar surface area (TPSA) is 307 Å². The lowest BCUT2D eigenvalue weighted by molar-refractivity contribution is -0.379. The number of unbranched alkanes of at least 4 members (excludes halogenated alkanes) is 28. The summed E-state index contributed by atoms with van der Waals surface area (Å²) in [6.45, 7) is 1.68. The van der Waals surface area contributed by atoms with Crippen LogP contribution in [0.2, 0.25) is 0 Å². The molecular weight excluding hydrogens is 1050 g/mol. The van der Waals surface area contributed by atoms with Crippen molar-refractivity contribution in [3.63, 3.8) is 0 Å². The van der Waals surface area contributed by atoms with Crippen LogP contribution in [0.5, 0.6) is 0 Å². The fraction of sp³-hybridized carbons (Fsp3) is 0.919. The first-order valence-corrected chi connectivity index (χ1v) is 32.1. The van der Waals surface area contributed by atoms with Gasteiger partial charge in [0.2, 0.25) is 5.91 Å². The molecule has 19 heteroatoms. The SMILES string of the molecule is CCCCCCC/C=C\C/C=C\CCCCCCCCCCCCCCCCCCCCCC(=O)NC(COC1OC(CO)C(OC2OC(CO)C(OC3OC(CO)C(O)C(O)C3O)C(O)C2O)C(O)C1O)C(O)CCCCCCC. The quantitative estimate of drug-likeness (QED) is 0.0222. The molecule has 0 bridgehead atoms. The first-order valence-electron chi connectivity index (χ1n) is 32.1. The molecule has 3 aliphatic heterocycles. The lowest BCUT2D eigenvalue weighted by Crippen LogP contribution is -2.66. The van der Waals surface area contributed by atoms with Gasteiger partial charge in [0.15, 0.2) is 18.9 Å². The van der Waals surface area contributed by atoms with Crippen molar-refractivity contribution in [2.75, 3.05) is 26.4 Å². The molecule has 0 aromatic heterocycles. The zero-order valence-electron chi connectivity index (χ0n) is 49.8. The lowest BCUT2D eigenvalue weighted by atomic mass is 9.96. The van der Waals surface area contributed by atoms with Gasteiger partial charge in [0, 0.05) is 6.42 Å². The van der Waals surface area contributed by atoms with Gasteiger partial charge in [-0.3, -0.25) is 4.79 Å². The van der Waals surface area contributed by atoms with E-state index in [0.29, 0.717) is 12.8 Å². The number of aliphatic hydroxyl groups excluding tert-OH is 11.